The van der Waals surface area contributed by atoms with E-state index in [1.165, 1.54) is 39.9 Å². The van der Waals surface area contributed by atoms with Gasteiger partial charge in [0.05, 0.1) is 10.9 Å². The van der Waals surface area contributed by atoms with Crippen molar-refractivity contribution in [2.45, 2.75) is 39.2 Å². The van der Waals surface area contributed by atoms with Crippen molar-refractivity contribution in [2.75, 3.05) is 13.1 Å². The molecule has 0 radical (unpaired) electrons. The fourth-order valence-corrected chi connectivity index (χ4v) is 4.95. The van der Waals surface area contributed by atoms with E-state index in [1.807, 2.05) is 0 Å². The maximum Gasteiger partial charge on any atom is 0.258 e. The molecule has 1 unspecified atom stereocenters. The van der Waals surface area contributed by atoms with Crippen LogP contribution in [0.2, 0.25) is 0 Å². The number of piperidine rings is 1. The van der Waals surface area contributed by atoms with Gasteiger partial charge in [-0.2, -0.15) is 0 Å². The van der Waals surface area contributed by atoms with Crippen LogP contribution >= 0.6 is 0 Å². The number of H-pyrrole nitrogens is 1. The number of rotatable bonds is 4. The third-order valence-corrected chi connectivity index (χ3v) is 6.49. The van der Waals surface area contributed by atoms with E-state index in [1.54, 1.807) is 6.07 Å². The van der Waals surface area contributed by atoms with Gasteiger partial charge in [0.1, 0.15) is 11.6 Å². The van der Waals surface area contributed by atoms with Gasteiger partial charge in [-0.15, -0.1) is 0 Å². The van der Waals surface area contributed by atoms with Crippen LogP contribution in [0.15, 0.2) is 65.5 Å². The normalized spacial score (nSPS) is 16.9. The molecule has 0 amide bonds. The topological polar surface area (TPSA) is 49.0 Å². The molecule has 5 rings (SSSR count). The van der Waals surface area contributed by atoms with E-state index in [0.717, 1.165) is 32.5 Å². The van der Waals surface area contributed by atoms with E-state index in [-0.39, 0.29) is 11.5 Å². The van der Waals surface area contributed by atoms with Gasteiger partial charge >= 0.3 is 0 Å². The van der Waals surface area contributed by atoms with E-state index >= 15 is 0 Å². The molecule has 0 aliphatic carbocycles. The molecule has 1 N–H and O–H groups in total. The zero-order chi connectivity index (χ0) is 22.9. The Kier molecular flexibility index (Phi) is 5.81. The van der Waals surface area contributed by atoms with Gasteiger partial charge in [0.25, 0.3) is 5.56 Å². The number of hydrogen-bond donors (Lipinski definition) is 1. The average Bonchev–Trinajstić information content (AvgIpc) is 2.79. The fraction of sp³-hybridized carbons (Fsp3) is 0.286. The van der Waals surface area contributed by atoms with Crippen LogP contribution in [0.5, 0.6) is 0 Å². The number of aromatic nitrogens is 2. The second-order valence-corrected chi connectivity index (χ2v) is 9.26. The Hall–Kier alpha value is -3.31. The van der Waals surface area contributed by atoms with E-state index in [9.17, 15) is 9.18 Å². The van der Waals surface area contributed by atoms with E-state index < -0.39 is 5.82 Å². The van der Waals surface area contributed by atoms with Crippen LogP contribution in [0.25, 0.3) is 22.0 Å². The zero-order valence-corrected chi connectivity index (χ0v) is 19.1. The molecule has 1 fully saturated rings. The van der Waals surface area contributed by atoms with Crippen LogP contribution in [0.4, 0.5) is 4.39 Å². The number of aryl methyl sites for hydroxylation is 2. The lowest BCUT2D eigenvalue weighted by Crippen LogP contribution is -2.35. The van der Waals surface area contributed by atoms with Gasteiger partial charge in [0, 0.05) is 19.0 Å². The van der Waals surface area contributed by atoms with Crippen LogP contribution in [-0.4, -0.2) is 28.0 Å². The quantitative estimate of drug-likeness (QED) is 0.440. The number of hydrogen-bond acceptors (Lipinski definition) is 3. The summed E-state index contributed by atoms with van der Waals surface area (Å²) in [7, 11) is 0. The van der Waals surface area contributed by atoms with E-state index in [2.05, 4.69) is 71.2 Å². The molecule has 5 heteroatoms. The van der Waals surface area contributed by atoms with Gasteiger partial charge < -0.3 is 4.98 Å². The third kappa shape index (κ3) is 4.74. The van der Waals surface area contributed by atoms with Crippen LogP contribution in [0.3, 0.4) is 0 Å². The Morgan fingerprint density at radius 2 is 1.76 bits per heavy atom. The Balaban J connectivity index is 1.31. The standard InChI is InChI=1S/C28H28FN3O/c1-18-12-19(2)14-23(13-18)21-7-5-20(6-8-21)16-32-11-3-4-22(17-32)27-30-26-10-9-24(29)15-25(26)28(33)31-27/h5-10,12-15,22H,3-4,11,16-17H2,1-2H3,(H,30,31,33). The minimum Gasteiger partial charge on any atom is -0.310 e. The number of halogens is 1. The molecule has 168 valence electrons. The van der Waals surface area contributed by atoms with Gasteiger partial charge in [-0.1, -0.05) is 53.6 Å². The van der Waals surface area contributed by atoms with Crippen LogP contribution in [0, 0.1) is 19.7 Å². The molecule has 33 heavy (non-hydrogen) atoms. The summed E-state index contributed by atoms with van der Waals surface area (Å²) < 4.78 is 13.5. The summed E-state index contributed by atoms with van der Waals surface area (Å²) in [5.74, 6) is 0.444. The smallest absolute Gasteiger partial charge is 0.258 e. The van der Waals surface area contributed by atoms with Gasteiger partial charge in [-0.25, -0.2) is 9.37 Å². The molecule has 3 aromatic carbocycles. The van der Waals surface area contributed by atoms with Crippen molar-refractivity contribution in [3.8, 4) is 11.1 Å². The third-order valence-electron chi connectivity index (χ3n) is 6.49. The second-order valence-electron chi connectivity index (χ2n) is 9.26. The minimum absolute atomic E-state index is 0.162. The number of benzene rings is 3. The number of fused-ring (bicyclic) bond motifs is 1. The number of nitrogens with one attached hydrogen (secondary N) is 1. The SMILES string of the molecule is Cc1cc(C)cc(-c2ccc(CN3CCCC(c4nc5ccc(F)cc5c(=O)[nH]4)C3)cc2)c1. The first kappa shape index (κ1) is 21.5. The molecule has 1 atom stereocenters. The minimum atomic E-state index is -0.421. The van der Waals surface area contributed by atoms with Crippen molar-refractivity contribution in [2.24, 2.45) is 0 Å². The van der Waals surface area contributed by atoms with Crippen molar-refractivity contribution in [3.05, 3.63) is 99.3 Å². The van der Waals surface area contributed by atoms with Crippen LogP contribution in [0.1, 0.15) is 41.3 Å². The van der Waals surface area contributed by atoms with E-state index in [4.69, 9.17) is 0 Å². The summed E-state index contributed by atoms with van der Waals surface area (Å²) in [5.41, 5.74) is 6.60. The lowest BCUT2D eigenvalue weighted by Gasteiger charge is -2.32. The summed E-state index contributed by atoms with van der Waals surface area (Å²) in [6.45, 7) is 7.00. The lowest BCUT2D eigenvalue weighted by atomic mass is 9.96. The summed E-state index contributed by atoms with van der Waals surface area (Å²) in [6.07, 6.45) is 2.04. The largest absolute Gasteiger partial charge is 0.310 e. The molecule has 1 aliphatic rings. The van der Waals surface area contributed by atoms with Gasteiger partial charge in [-0.3, -0.25) is 9.69 Å². The first-order chi connectivity index (χ1) is 15.9. The molecule has 0 bridgehead atoms. The Labute approximate surface area is 193 Å². The predicted octanol–water partition coefficient (Wildman–Crippen LogP) is 5.73. The molecule has 2 heterocycles. The maximum absolute atomic E-state index is 13.5. The van der Waals surface area contributed by atoms with Gasteiger partial charge in [-0.05, 0) is 68.1 Å². The first-order valence-corrected chi connectivity index (χ1v) is 11.5. The lowest BCUT2D eigenvalue weighted by molar-refractivity contribution is 0.196. The molecule has 0 saturated carbocycles. The monoisotopic (exact) mass is 441 g/mol. The molecule has 1 saturated heterocycles. The predicted molar refractivity (Wildman–Crippen MR) is 131 cm³/mol. The summed E-state index contributed by atoms with van der Waals surface area (Å²) in [4.78, 5) is 22.5. The zero-order valence-electron chi connectivity index (χ0n) is 19.1. The van der Waals surface area contributed by atoms with Crippen molar-refractivity contribution in [1.82, 2.24) is 14.9 Å². The molecule has 0 spiro atoms. The summed E-state index contributed by atoms with van der Waals surface area (Å²) in [6, 6.07) is 19.7. The first-order valence-electron chi connectivity index (χ1n) is 11.5. The maximum atomic E-state index is 13.5. The van der Waals surface area contributed by atoms with Crippen molar-refractivity contribution < 1.29 is 4.39 Å². The Morgan fingerprint density at radius 1 is 1.00 bits per heavy atom. The highest BCUT2D eigenvalue weighted by Gasteiger charge is 2.24. The Bertz CT molecular complexity index is 1340. The fourth-order valence-electron chi connectivity index (χ4n) is 4.95. The van der Waals surface area contributed by atoms with Gasteiger partial charge in [0.15, 0.2) is 0 Å². The van der Waals surface area contributed by atoms with E-state index in [0.29, 0.717) is 16.7 Å². The number of aromatic amines is 1. The second kappa shape index (κ2) is 8.91. The van der Waals surface area contributed by atoms with Crippen LogP contribution in [-0.2, 0) is 6.54 Å². The highest BCUT2D eigenvalue weighted by Crippen LogP contribution is 2.27. The molecular weight excluding hydrogens is 413 g/mol. The Morgan fingerprint density at radius 3 is 2.52 bits per heavy atom. The number of likely N-dealkylation sites (tertiary alicyclic amines) is 1. The van der Waals surface area contributed by atoms with Crippen LogP contribution < -0.4 is 5.56 Å². The molecular formula is C28H28FN3O. The van der Waals surface area contributed by atoms with Crippen molar-refractivity contribution >= 4 is 10.9 Å². The van der Waals surface area contributed by atoms with Crippen molar-refractivity contribution in [3.63, 3.8) is 0 Å². The summed E-state index contributed by atoms with van der Waals surface area (Å²) >= 11 is 0. The van der Waals surface area contributed by atoms with Gasteiger partial charge in [0.2, 0.25) is 0 Å². The highest BCUT2D eigenvalue weighted by atomic mass is 19.1. The summed E-state index contributed by atoms with van der Waals surface area (Å²) in [5, 5.41) is 0.301. The van der Waals surface area contributed by atoms with Crippen molar-refractivity contribution in [1.29, 1.82) is 0 Å². The molecule has 4 aromatic rings. The molecule has 1 aromatic heterocycles. The average molecular weight is 442 g/mol. The molecule has 4 nitrogen and oxygen atoms in total. The highest BCUT2D eigenvalue weighted by molar-refractivity contribution is 5.77. The molecule has 1 aliphatic heterocycles. The number of nitrogens with zero attached hydrogens (tertiary/aromatic N) is 2.